The number of aliphatic hydroxyl groups excluding tert-OH is 1. The lowest BCUT2D eigenvalue weighted by molar-refractivity contribution is -0.136. The molecule has 0 amide bonds. The minimum absolute atomic E-state index is 0.0245. The van der Waals surface area contributed by atoms with E-state index >= 15 is 0 Å². The van der Waals surface area contributed by atoms with Crippen molar-refractivity contribution in [2.75, 3.05) is 192 Å². The highest BCUT2D eigenvalue weighted by atomic mass is 16.6. The predicted molar refractivity (Wildman–Crippen MR) is 178 cm³/mol. The molecule has 0 saturated heterocycles. The van der Waals surface area contributed by atoms with E-state index < -0.39 is 5.97 Å². The van der Waals surface area contributed by atoms with E-state index in [0.29, 0.717) is 178 Å². The van der Waals surface area contributed by atoms with Crippen molar-refractivity contribution in [2.24, 2.45) is 0 Å². The molecule has 0 rings (SSSR count). The molecule has 0 aliphatic heterocycles. The largest absolute Gasteiger partial charge is 0.481 e. The number of methoxy groups -OCH3 is 1. The van der Waals surface area contributed by atoms with Gasteiger partial charge in [-0.1, -0.05) is 6.92 Å². The van der Waals surface area contributed by atoms with Gasteiger partial charge in [-0.2, -0.15) is 0 Å². The Kier molecular flexibility index (Phi) is 50.0. The first-order chi connectivity index (χ1) is 24.2. The van der Waals surface area contributed by atoms with Crippen LogP contribution >= 0.6 is 0 Å². The van der Waals surface area contributed by atoms with Gasteiger partial charge in [-0.25, -0.2) is 0 Å². The summed E-state index contributed by atoms with van der Waals surface area (Å²) < 4.78 is 75.0. The third kappa shape index (κ3) is 53.8. The molecule has 0 spiro atoms. The second-order valence-corrected chi connectivity index (χ2v) is 9.42. The van der Waals surface area contributed by atoms with Crippen LogP contribution in [-0.4, -0.2) is 208 Å². The van der Waals surface area contributed by atoms with Gasteiger partial charge < -0.3 is 76.5 Å². The van der Waals surface area contributed by atoms with E-state index in [0.717, 1.165) is 0 Å². The highest BCUT2D eigenvalue weighted by molar-refractivity contribution is 5.66. The Labute approximate surface area is 292 Å². The summed E-state index contributed by atoms with van der Waals surface area (Å²) in [5, 5.41) is 16.3. The first kappa shape index (κ1) is 50.0. The van der Waals surface area contributed by atoms with Crippen LogP contribution in [0.15, 0.2) is 0 Å². The normalized spacial score (nSPS) is 11.2. The summed E-state index contributed by atoms with van der Waals surface area (Å²) in [6, 6.07) is 0. The van der Waals surface area contributed by atoms with E-state index in [-0.39, 0.29) is 13.0 Å². The summed E-state index contributed by atoms with van der Waals surface area (Å²) in [5.74, 6) is -0.745. The highest BCUT2D eigenvalue weighted by Crippen LogP contribution is 1.87. The molecule has 17 heteroatoms. The van der Waals surface area contributed by atoms with Gasteiger partial charge in [0.1, 0.15) is 0 Å². The molecule has 0 heterocycles. The lowest BCUT2D eigenvalue weighted by Gasteiger charge is -2.09. The van der Waals surface area contributed by atoms with Crippen LogP contribution in [0.4, 0.5) is 0 Å². The summed E-state index contributed by atoms with van der Waals surface area (Å²) in [6.07, 6.45) is 0.222. The Morgan fingerprint density at radius 3 is 0.612 bits per heavy atom. The molecule has 0 aromatic rings. The second-order valence-electron chi connectivity index (χ2n) is 9.42. The molecule has 0 fully saturated rings. The zero-order chi connectivity index (χ0) is 36.0. The number of carboxylic acid groups (broad SMARTS) is 1. The number of hydrogen-bond donors (Lipinski definition) is 2. The summed E-state index contributed by atoms with van der Waals surface area (Å²) in [4.78, 5) is 9.37. The quantitative estimate of drug-likeness (QED) is 0.0820. The summed E-state index contributed by atoms with van der Waals surface area (Å²) in [5.41, 5.74) is 0. The van der Waals surface area contributed by atoms with E-state index in [1.807, 2.05) is 0 Å². The molecule has 0 saturated carbocycles. The van der Waals surface area contributed by atoms with Gasteiger partial charge in [-0.3, -0.25) is 4.79 Å². The molecule has 0 radical (unpaired) electrons. The molecule has 0 bridgehead atoms. The fourth-order valence-corrected chi connectivity index (χ4v) is 2.95. The Bertz CT molecular complexity index is 550. The zero-order valence-corrected chi connectivity index (χ0v) is 30.0. The van der Waals surface area contributed by atoms with Crippen LogP contribution in [-0.2, 0) is 71.1 Å². The summed E-state index contributed by atoms with van der Waals surface area (Å²) in [6.45, 7) is 15.4. The Hall–Kier alpha value is -1.13. The van der Waals surface area contributed by atoms with Crippen LogP contribution in [0.3, 0.4) is 0 Å². The molecule has 0 aromatic carbocycles. The van der Waals surface area contributed by atoms with E-state index in [1.54, 1.807) is 14.0 Å². The standard InChI is InChI=1S/C29H60O15.C3H6O2/c1-31-4-5-33-8-9-35-12-13-37-16-17-39-20-21-41-24-25-43-28-29-44-27-26-42-23-22-40-19-18-38-15-14-36-11-10-34-7-6-32-3-2-30;1-2-3(4)5/h30H,2-29H2,1H3;2H2,1H3,(H,4,5). The van der Waals surface area contributed by atoms with Gasteiger partial charge in [-0.05, 0) is 0 Å². The van der Waals surface area contributed by atoms with Gasteiger partial charge in [0.15, 0.2) is 0 Å². The Morgan fingerprint density at radius 2 is 0.490 bits per heavy atom. The van der Waals surface area contributed by atoms with Gasteiger partial charge in [0.05, 0.1) is 185 Å². The number of carboxylic acids is 1. The number of ether oxygens (including phenoxy) is 14. The van der Waals surface area contributed by atoms with Crippen molar-refractivity contribution in [1.82, 2.24) is 0 Å². The molecule has 2 N–H and O–H groups in total. The van der Waals surface area contributed by atoms with Crippen molar-refractivity contribution in [3.8, 4) is 0 Å². The van der Waals surface area contributed by atoms with Crippen molar-refractivity contribution >= 4 is 5.97 Å². The third-order valence-corrected chi connectivity index (χ3v) is 5.43. The molecule has 0 atom stereocenters. The maximum atomic E-state index is 9.37. The molecule has 0 unspecified atom stereocenters. The monoisotopic (exact) mass is 722 g/mol. The predicted octanol–water partition coefficient (Wildman–Crippen LogP) is 0.322. The molecular weight excluding hydrogens is 656 g/mol. The van der Waals surface area contributed by atoms with Crippen molar-refractivity contribution in [3.63, 3.8) is 0 Å². The lowest BCUT2D eigenvalue weighted by Crippen LogP contribution is -2.15. The minimum Gasteiger partial charge on any atom is -0.481 e. The molecule has 17 nitrogen and oxygen atoms in total. The smallest absolute Gasteiger partial charge is 0.303 e. The van der Waals surface area contributed by atoms with Crippen LogP contribution in [0.2, 0.25) is 0 Å². The molecule has 0 aliphatic rings. The van der Waals surface area contributed by atoms with Gasteiger partial charge >= 0.3 is 5.97 Å². The molecule has 0 aromatic heterocycles. The number of hydrogen-bond acceptors (Lipinski definition) is 16. The number of rotatable bonds is 42. The van der Waals surface area contributed by atoms with Gasteiger partial charge in [0.25, 0.3) is 0 Å². The molecule has 296 valence electrons. The van der Waals surface area contributed by atoms with E-state index in [4.69, 9.17) is 76.5 Å². The Morgan fingerprint density at radius 1 is 0.347 bits per heavy atom. The average molecular weight is 723 g/mol. The lowest BCUT2D eigenvalue weighted by atomic mass is 10.5. The maximum absolute atomic E-state index is 9.37. The number of aliphatic carboxylic acids is 1. The van der Waals surface area contributed by atoms with Crippen molar-refractivity contribution in [1.29, 1.82) is 0 Å². The highest BCUT2D eigenvalue weighted by Gasteiger charge is 1.97. The molecular formula is C32H66O17. The van der Waals surface area contributed by atoms with Crippen LogP contribution < -0.4 is 0 Å². The summed E-state index contributed by atoms with van der Waals surface area (Å²) in [7, 11) is 1.64. The van der Waals surface area contributed by atoms with Crippen LogP contribution in [0.1, 0.15) is 13.3 Å². The first-order valence-electron chi connectivity index (χ1n) is 17.0. The topological polar surface area (TPSA) is 187 Å². The third-order valence-electron chi connectivity index (χ3n) is 5.43. The average Bonchev–Trinajstić information content (AvgIpc) is 3.11. The SMILES string of the molecule is CCC(=O)O.COCCOCCOCCOCCOCCOCCOCCOCCOCCOCCOCCOCCOCCOCCO. The fraction of sp³-hybridized carbons (Fsp3) is 0.969. The van der Waals surface area contributed by atoms with E-state index in [9.17, 15) is 4.79 Å². The first-order valence-corrected chi connectivity index (χ1v) is 17.0. The maximum Gasteiger partial charge on any atom is 0.303 e. The minimum atomic E-state index is -0.745. The van der Waals surface area contributed by atoms with Crippen molar-refractivity contribution in [2.45, 2.75) is 13.3 Å². The van der Waals surface area contributed by atoms with Gasteiger partial charge in [-0.15, -0.1) is 0 Å². The van der Waals surface area contributed by atoms with Crippen molar-refractivity contribution in [3.05, 3.63) is 0 Å². The fourth-order valence-electron chi connectivity index (χ4n) is 2.95. The summed E-state index contributed by atoms with van der Waals surface area (Å²) >= 11 is 0. The van der Waals surface area contributed by atoms with Crippen LogP contribution in [0.5, 0.6) is 0 Å². The van der Waals surface area contributed by atoms with Crippen LogP contribution in [0.25, 0.3) is 0 Å². The number of aliphatic hydroxyl groups is 1. The zero-order valence-electron chi connectivity index (χ0n) is 30.0. The Balaban J connectivity index is 0. The second kappa shape index (κ2) is 49.0. The number of carbonyl (C=O) groups is 1. The molecule has 49 heavy (non-hydrogen) atoms. The van der Waals surface area contributed by atoms with Gasteiger partial charge in [0, 0.05) is 13.5 Å². The van der Waals surface area contributed by atoms with Gasteiger partial charge in [0.2, 0.25) is 0 Å². The van der Waals surface area contributed by atoms with E-state index in [2.05, 4.69) is 0 Å². The van der Waals surface area contributed by atoms with Crippen LogP contribution in [0, 0.1) is 0 Å². The van der Waals surface area contributed by atoms with Crippen molar-refractivity contribution < 1.29 is 81.3 Å². The molecule has 0 aliphatic carbocycles. The van der Waals surface area contributed by atoms with E-state index in [1.165, 1.54) is 0 Å².